The molecule has 20 heavy (non-hydrogen) atoms. The maximum atomic E-state index is 6.56. The summed E-state index contributed by atoms with van der Waals surface area (Å²) in [5.74, 6) is 0.947. The van der Waals surface area contributed by atoms with Gasteiger partial charge in [-0.05, 0) is 47.9 Å². The van der Waals surface area contributed by atoms with Crippen molar-refractivity contribution in [2.75, 3.05) is 0 Å². The quantitative estimate of drug-likeness (QED) is 0.648. The second kappa shape index (κ2) is 5.48. The third-order valence-corrected chi connectivity index (χ3v) is 4.51. The fourth-order valence-electron chi connectivity index (χ4n) is 2.49. The van der Waals surface area contributed by atoms with Gasteiger partial charge in [0.15, 0.2) is 0 Å². The number of alkyl halides is 1. The van der Waals surface area contributed by atoms with Crippen LogP contribution in [0.25, 0.3) is 0 Å². The van der Waals surface area contributed by atoms with Crippen molar-refractivity contribution in [1.82, 2.24) is 0 Å². The highest BCUT2D eigenvalue weighted by Gasteiger charge is 2.22. The molecule has 0 bridgehead atoms. The molecule has 2 aromatic rings. The lowest BCUT2D eigenvalue weighted by atomic mass is 10.0. The maximum absolute atomic E-state index is 6.56. The molecular formula is C16H13Cl3O. The van der Waals surface area contributed by atoms with E-state index in [-0.39, 0.29) is 11.5 Å². The average molecular weight is 328 g/mol. The number of hydrogen-bond donors (Lipinski definition) is 0. The van der Waals surface area contributed by atoms with Crippen LogP contribution in [0, 0.1) is 0 Å². The van der Waals surface area contributed by atoms with Gasteiger partial charge in [0.1, 0.15) is 11.9 Å². The Kier molecular flexibility index (Phi) is 3.85. The largest absolute Gasteiger partial charge is 0.490 e. The first-order valence-corrected chi connectivity index (χ1v) is 7.62. The molecule has 0 fully saturated rings. The predicted octanol–water partition coefficient (Wildman–Crippen LogP) is 5.65. The highest BCUT2D eigenvalue weighted by Crippen LogP contribution is 2.38. The number of halogens is 3. The molecule has 1 nitrogen and oxygen atoms in total. The molecule has 0 amide bonds. The molecule has 104 valence electrons. The Labute approximate surface area is 133 Å². The third-order valence-electron chi connectivity index (χ3n) is 3.44. The van der Waals surface area contributed by atoms with E-state index < -0.39 is 0 Å². The number of hydrogen-bond acceptors (Lipinski definition) is 1. The lowest BCUT2D eigenvalue weighted by Crippen LogP contribution is -2.05. The van der Waals surface area contributed by atoms with E-state index in [0.717, 1.165) is 23.3 Å². The standard InChI is InChI=1S/C16H13Cl3O/c1-9-6-11-7-10(2-5-15(11)20-9)16(19)13-8-12(17)3-4-14(13)18/h2-5,7-9,16H,6H2,1H3. The summed E-state index contributed by atoms with van der Waals surface area (Å²) in [5, 5.41) is 0.940. The van der Waals surface area contributed by atoms with E-state index in [0.29, 0.717) is 10.0 Å². The molecule has 0 saturated carbocycles. The summed E-state index contributed by atoms with van der Waals surface area (Å²) in [6.07, 6.45) is 1.14. The van der Waals surface area contributed by atoms with E-state index in [1.165, 1.54) is 5.56 Å². The summed E-state index contributed by atoms with van der Waals surface area (Å²) in [7, 11) is 0. The highest BCUT2D eigenvalue weighted by molar-refractivity contribution is 6.35. The lowest BCUT2D eigenvalue weighted by molar-refractivity contribution is 0.254. The van der Waals surface area contributed by atoms with Crippen LogP contribution in [0.4, 0.5) is 0 Å². The van der Waals surface area contributed by atoms with Crippen LogP contribution in [-0.2, 0) is 6.42 Å². The van der Waals surface area contributed by atoms with Crippen molar-refractivity contribution in [2.45, 2.75) is 24.8 Å². The van der Waals surface area contributed by atoms with Gasteiger partial charge in [-0.1, -0.05) is 35.3 Å². The van der Waals surface area contributed by atoms with Gasteiger partial charge in [0.05, 0.1) is 5.38 Å². The van der Waals surface area contributed by atoms with E-state index >= 15 is 0 Å². The Bertz CT molecular complexity index is 654. The minimum atomic E-state index is -0.317. The zero-order chi connectivity index (χ0) is 14.3. The van der Waals surface area contributed by atoms with E-state index in [1.807, 2.05) is 18.2 Å². The van der Waals surface area contributed by atoms with Crippen LogP contribution in [0.2, 0.25) is 10.0 Å². The van der Waals surface area contributed by atoms with Crippen LogP contribution in [0.3, 0.4) is 0 Å². The predicted molar refractivity (Wildman–Crippen MR) is 84.4 cm³/mol. The van der Waals surface area contributed by atoms with Gasteiger partial charge in [-0.2, -0.15) is 0 Å². The molecule has 0 N–H and O–H groups in total. The number of fused-ring (bicyclic) bond motifs is 1. The van der Waals surface area contributed by atoms with E-state index in [2.05, 4.69) is 13.0 Å². The normalized spacial score (nSPS) is 18.5. The van der Waals surface area contributed by atoms with Crippen LogP contribution in [0.1, 0.15) is 29.0 Å². The number of benzene rings is 2. The van der Waals surface area contributed by atoms with Gasteiger partial charge >= 0.3 is 0 Å². The minimum absolute atomic E-state index is 0.226. The average Bonchev–Trinajstić information content (AvgIpc) is 2.79. The summed E-state index contributed by atoms with van der Waals surface area (Å²) in [6.45, 7) is 2.06. The van der Waals surface area contributed by atoms with Crippen molar-refractivity contribution in [3.63, 3.8) is 0 Å². The summed E-state index contributed by atoms with van der Waals surface area (Å²) in [6, 6.07) is 11.4. The molecule has 0 spiro atoms. The van der Waals surface area contributed by atoms with Gasteiger partial charge in [0.25, 0.3) is 0 Å². The second-order valence-electron chi connectivity index (χ2n) is 5.03. The van der Waals surface area contributed by atoms with Crippen molar-refractivity contribution in [1.29, 1.82) is 0 Å². The maximum Gasteiger partial charge on any atom is 0.123 e. The van der Waals surface area contributed by atoms with E-state index in [9.17, 15) is 0 Å². The summed E-state index contributed by atoms with van der Waals surface area (Å²) in [5.41, 5.74) is 3.03. The summed E-state index contributed by atoms with van der Waals surface area (Å²) >= 11 is 18.8. The first-order chi connectivity index (χ1) is 9.54. The molecule has 1 heterocycles. The van der Waals surface area contributed by atoms with Crippen LogP contribution in [-0.4, -0.2) is 6.10 Å². The number of ether oxygens (including phenoxy) is 1. The topological polar surface area (TPSA) is 9.23 Å². The SMILES string of the molecule is CC1Cc2cc(C(Cl)c3cc(Cl)ccc3Cl)ccc2O1. The van der Waals surface area contributed by atoms with Crippen LogP contribution >= 0.6 is 34.8 Å². The fourth-order valence-corrected chi connectivity index (χ4v) is 3.27. The molecule has 0 aromatic heterocycles. The zero-order valence-corrected chi connectivity index (χ0v) is 13.1. The zero-order valence-electron chi connectivity index (χ0n) is 10.9. The molecule has 1 aliphatic rings. The van der Waals surface area contributed by atoms with E-state index in [1.54, 1.807) is 12.1 Å². The Morgan fingerprint density at radius 3 is 2.75 bits per heavy atom. The first kappa shape index (κ1) is 14.1. The first-order valence-electron chi connectivity index (χ1n) is 6.43. The van der Waals surface area contributed by atoms with Crippen LogP contribution in [0.5, 0.6) is 5.75 Å². The van der Waals surface area contributed by atoms with Gasteiger partial charge in [0, 0.05) is 16.5 Å². The molecule has 2 aromatic carbocycles. The third kappa shape index (κ3) is 2.63. The molecule has 4 heteroatoms. The Hall–Kier alpha value is -0.890. The molecule has 2 atom stereocenters. The van der Waals surface area contributed by atoms with Crippen LogP contribution < -0.4 is 4.74 Å². The van der Waals surface area contributed by atoms with E-state index in [4.69, 9.17) is 39.5 Å². The molecule has 2 unspecified atom stereocenters. The van der Waals surface area contributed by atoms with Crippen molar-refractivity contribution >= 4 is 34.8 Å². The molecule has 3 rings (SSSR count). The highest BCUT2D eigenvalue weighted by atomic mass is 35.5. The van der Waals surface area contributed by atoms with Gasteiger partial charge in [0.2, 0.25) is 0 Å². The van der Waals surface area contributed by atoms with Crippen molar-refractivity contribution in [2.24, 2.45) is 0 Å². The molecule has 0 aliphatic carbocycles. The van der Waals surface area contributed by atoms with Crippen molar-refractivity contribution < 1.29 is 4.74 Å². The fraction of sp³-hybridized carbons (Fsp3) is 0.250. The lowest BCUT2D eigenvalue weighted by Gasteiger charge is -2.13. The van der Waals surface area contributed by atoms with Gasteiger partial charge in [-0.25, -0.2) is 0 Å². The molecule has 0 saturated heterocycles. The van der Waals surface area contributed by atoms with Gasteiger partial charge < -0.3 is 4.74 Å². The van der Waals surface area contributed by atoms with Crippen molar-refractivity contribution in [3.05, 3.63) is 63.1 Å². The Morgan fingerprint density at radius 2 is 1.95 bits per heavy atom. The van der Waals surface area contributed by atoms with Crippen molar-refractivity contribution in [3.8, 4) is 5.75 Å². The van der Waals surface area contributed by atoms with Crippen LogP contribution in [0.15, 0.2) is 36.4 Å². The number of rotatable bonds is 2. The smallest absolute Gasteiger partial charge is 0.123 e. The van der Waals surface area contributed by atoms with Gasteiger partial charge in [-0.3, -0.25) is 0 Å². The Morgan fingerprint density at radius 1 is 1.15 bits per heavy atom. The molecule has 0 radical (unpaired) electrons. The van der Waals surface area contributed by atoms with Gasteiger partial charge in [-0.15, -0.1) is 11.6 Å². The minimum Gasteiger partial charge on any atom is -0.490 e. The Balaban J connectivity index is 1.97. The molecule has 1 aliphatic heterocycles. The molecular weight excluding hydrogens is 315 g/mol. The monoisotopic (exact) mass is 326 g/mol. The summed E-state index contributed by atoms with van der Waals surface area (Å²) in [4.78, 5) is 0. The second-order valence-corrected chi connectivity index (χ2v) is 6.31. The summed E-state index contributed by atoms with van der Waals surface area (Å²) < 4.78 is 5.70.